The lowest BCUT2D eigenvalue weighted by Gasteiger charge is -2.34. The Labute approximate surface area is 171 Å². The van der Waals surface area contributed by atoms with Gasteiger partial charge in [0, 0.05) is 43.9 Å². The summed E-state index contributed by atoms with van der Waals surface area (Å²) < 4.78 is 37.7. The zero-order valence-electron chi connectivity index (χ0n) is 16.7. The summed E-state index contributed by atoms with van der Waals surface area (Å²) in [5.74, 6) is 0.552. The molecule has 0 unspecified atom stereocenters. The fraction of sp³-hybridized carbons (Fsp3) is 0.381. The van der Waals surface area contributed by atoms with Crippen LogP contribution in [0.3, 0.4) is 0 Å². The highest BCUT2D eigenvalue weighted by Crippen LogP contribution is 2.23. The molecule has 1 amide bonds. The van der Waals surface area contributed by atoms with Crippen molar-refractivity contribution in [3.8, 4) is 5.75 Å². The number of hydrogen-bond donors (Lipinski definition) is 0. The highest BCUT2D eigenvalue weighted by Gasteiger charge is 2.30. The third-order valence-electron chi connectivity index (χ3n) is 4.90. The van der Waals surface area contributed by atoms with Gasteiger partial charge in [-0.2, -0.15) is 4.31 Å². The summed E-state index contributed by atoms with van der Waals surface area (Å²) in [6.45, 7) is 4.07. The second-order valence-electron chi connectivity index (χ2n) is 6.67. The molecule has 0 radical (unpaired) electrons. The molecule has 0 aromatic heterocycles. The van der Waals surface area contributed by atoms with E-state index in [9.17, 15) is 13.2 Å². The summed E-state index contributed by atoms with van der Waals surface area (Å²) in [7, 11) is -1.96. The molecule has 1 aliphatic heterocycles. The first-order valence-electron chi connectivity index (χ1n) is 9.56. The van der Waals surface area contributed by atoms with Crippen LogP contribution in [0, 0.1) is 0 Å². The van der Waals surface area contributed by atoms with Crippen molar-refractivity contribution in [2.75, 3.05) is 39.9 Å². The third-order valence-corrected chi connectivity index (χ3v) is 6.81. The minimum Gasteiger partial charge on any atom is -0.496 e. The van der Waals surface area contributed by atoms with Gasteiger partial charge in [-0.3, -0.25) is 4.79 Å². The normalized spacial score (nSPS) is 15.3. The average Bonchev–Trinajstić information content (AvgIpc) is 2.77. The molecule has 1 aliphatic rings. The summed E-state index contributed by atoms with van der Waals surface area (Å²) in [4.78, 5) is 14.9. The van der Waals surface area contributed by atoms with Crippen molar-refractivity contribution < 1.29 is 22.7 Å². The smallest absolute Gasteiger partial charge is 0.253 e. The van der Waals surface area contributed by atoms with Crippen molar-refractivity contribution in [3.63, 3.8) is 0 Å². The summed E-state index contributed by atoms with van der Waals surface area (Å²) in [6, 6.07) is 13.6. The van der Waals surface area contributed by atoms with Crippen molar-refractivity contribution in [2.24, 2.45) is 0 Å². The average molecular weight is 419 g/mol. The number of rotatable bonds is 7. The molecular weight excluding hydrogens is 392 g/mol. The van der Waals surface area contributed by atoms with E-state index in [4.69, 9.17) is 9.47 Å². The summed E-state index contributed by atoms with van der Waals surface area (Å²) >= 11 is 0. The number of nitrogens with zero attached hydrogens (tertiary/aromatic N) is 2. The fourth-order valence-electron chi connectivity index (χ4n) is 3.29. The van der Waals surface area contributed by atoms with Crippen molar-refractivity contribution in [1.82, 2.24) is 9.21 Å². The molecule has 29 heavy (non-hydrogen) atoms. The molecule has 8 heteroatoms. The third kappa shape index (κ3) is 4.77. The van der Waals surface area contributed by atoms with Gasteiger partial charge in [0.05, 0.1) is 18.6 Å². The first-order chi connectivity index (χ1) is 14.0. The van der Waals surface area contributed by atoms with Gasteiger partial charge in [0.1, 0.15) is 5.75 Å². The molecule has 156 valence electrons. The monoisotopic (exact) mass is 418 g/mol. The molecule has 0 saturated carbocycles. The van der Waals surface area contributed by atoms with E-state index in [-0.39, 0.29) is 23.9 Å². The molecule has 1 heterocycles. The summed E-state index contributed by atoms with van der Waals surface area (Å²) in [5.41, 5.74) is 1.35. The van der Waals surface area contributed by atoms with Gasteiger partial charge in [0.25, 0.3) is 5.91 Å². The second-order valence-corrected chi connectivity index (χ2v) is 8.61. The Morgan fingerprint density at radius 3 is 2.34 bits per heavy atom. The Kier molecular flexibility index (Phi) is 6.89. The van der Waals surface area contributed by atoms with Crippen LogP contribution in [-0.4, -0.2) is 63.4 Å². The van der Waals surface area contributed by atoms with E-state index in [1.54, 1.807) is 60.5 Å². The van der Waals surface area contributed by atoms with Gasteiger partial charge in [0.15, 0.2) is 0 Å². The van der Waals surface area contributed by atoms with Crippen LogP contribution in [0.2, 0.25) is 0 Å². The van der Waals surface area contributed by atoms with Crippen LogP contribution in [0.25, 0.3) is 0 Å². The maximum absolute atomic E-state index is 12.9. The molecule has 1 fully saturated rings. The van der Waals surface area contributed by atoms with Crippen LogP contribution in [0.4, 0.5) is 0 Å². The molecule has 0 N–H and O–H groups in total. The molecule has 0 spiro atoms. The van der Waals surface area contributed by atoms with Crippen LogP contribution in [0.1, 0.15) is 22.8 Å². The highest BCUT2D eigenvalue weighted by molar-refractivity contribution is 7.89. The number of ether oxygens (including phenoxy) is 2. The Hall–Kier alpha value is -2.42. The molecule has 0 bridgehead atoms. The van der Waals surface area contributed by atoms with Gasteiger partial charge in [-0.15, -0.1) is 0 Å². The highest BCUT2D eigenvalue weighted by atomic mass is 32.2. The standard InChI is InChI=1S/C21H26N2O5S/c1-3-28-16-18-15-17(9-10-20(18)27-2)21(24)22-11-13-23(14-12-22)29(25,26)19-7-5-4-6-8-19/h4-10,15H,3,11-14,16H2,1-2H3. The number of carbonyl (C=O) groups excluding carboxylic acids is 1. The molecule has 3 rings (SSSR count). The largest absolute Gasteiger partial charge is 0.496 e. The first-order valence-corrected chi connectivity index (χ1v) is 11.0. The number of benzene rings is 2. The summed E-state index contributed by atoms with van der Waals surface area (Å²) in [6.07, 6.45) is 0. The first kappa shape index (κ1) is 21.3. The molecule has 2 aromatic carbocycles. The van der Waals surface area contributed by atoms with Gasteiger partial charge in [0.2, 0.25) is 10.0 Å². The van der Waals surface area contributed by atoms with Crippen molar-refractivity contribution in [1.29, 1.82) is 0 Å². The van der Waals surface area contributed by atoms with Gasteiger partial charge in [-0.25, -0.2) is 8.42 Å². The topological polar surface area (TPSA) is 76.2 Å². The van der Waals surface area contributed by atoms with Crippen LogP contribution in [0.15, 0.2) is 53.4 Å². The number of methoxy groups -OCH3 is 1. The number of piperazine rings is 1. The fourth-order valence-corrected chi connectivity index (χ4v) is 4.74. The number of carbonyl (C=O) groups is 1. The zero-order valence-corrected chi connectivity index (χ0v) is 17.5. The van der Waals surface area contributed by atoms with E-state index in [1.165, 1.54) is 4.31 Å². The second kappa shape index (κ2) is 9.39. The van der Waals surface area contributed by atoms with Crippen LogP contribution in [0.5, 0.6) is 5.75 Å². The van der Waals surface area contributed by atoms with Gasteiger partial charge in [-0.1, -0.05) is 18.2 Å². The quantitative estimate of drug-likeness (QED) is 0.690. The number of hydrogen-bond acceptors (Lipinski definition) is 5. The Balaban J connectivity index is 1.69. The minimum atomic E-state index is -3.54. The van der Waals surface area contributed by atoms with Gasteiger partial charge < -0.3 is 14.4 Å². The number of sulfonamides is 1. The predicted octanol–water partition coefficient (Wildman–Crippen LogP) is 2.38. The zero-order chi connectivity index (χ0) is 20.9. The molecule has 7 nitrogen and oxygen atoms in total. The van der Waals surface area contributed by atoms with Crippen molar-refractivity contribution in [2.45, 2.75) is 18.4 Å². The molecule has 2 aromatic rings. The van der Waals surface area contributed by atoms with Crippen LogP contribution < -0.4 is 4.74 Å². The SMILES string of the molecule is CCOCc1cc(C(=O)N2CCN(S(=O)(=O)c3ccccc3)CC2)ccc1OC. The molecule has 1 saturated heterocycles. The van der Waals surface area contributed by atoms with Crippen molar-refractivity contribution in [3.05, 3.63) is 59.7 Å². The lowest BCUT2D eigenvalue weighted by molar-refractivity contribution is 0.0697. The maximum Gasteiger partial charge on any atom is 0.253 e. The van der Waals surface area contributed by atoms with E-state index >= 15 is 0 Å². The maximum atomic E-state index is 12.9. The van der Waals surface area contributed by atoms with E-state index in [1.807, 2.05) is 6.92 Å². The molecule has 0 aliphatic carbocycles. The number of amides is 1. The summed E-state index contributed by atoms with van der Waals surface area (Å²) in [5, 5.41) is 0. The predicted molar refractivity (Wildman–Crippen MR) is 109 cm³/mol. The minimum absolute atomic E-state index is 0.123. The van der Waals surface area contributed by atoms with Gasteiger partial charge in [-0.05, 0) is 37.3 Å². The Morgan fingerprint density at radius 2 is 1.72 bits per heavy atom. The van der Waals surface area contributed by atoms with E-state index < -0.39 is 10.0 Å². The van der Waals surface area contributed by atoms with E-state index in [0.29, 0.717) is 37.6 Å². The lowest BCUT2D eigenvalue weighted by atomic mass is 10.1. The Bertz CT molecular complexity index is 939. The van der Waals surface area contributed by atoms with E-state index in [2.05, 4.69) is 0 Å². The molecular formula is C21H26N2O5S. The Morgan fingerprint density at radius 1 is 1.03 bits per heavy atom. The van der Waals surface area contributed by atoms with Gasteiger partial charge >= 0.3 is 0 Å². The lowest BCUT2D eigenvalue weighted by Crippen LogP contribution is -2.50. The van der Waals surface area contributed by atoms with Crippen molar-refractivity contribution >= 4 is 15.9 Å². The van der Waals surface area contributed by atoms with Crippen LogP contribution >= 0.6 is 0 Å². The van der Waals surface area contributed by atoms with Crippen LogP contribution in [-0.2, 0) is 21.4 Å². The molecule has 0 atom stereocenters. The van der Waals surface area contributed by atoms with E-state index in [0.717, 1.165) is 5.56 Å².